The molecule has 0 bridgehead atoms. The van der Waals surface area contributed by atoms with Gasteiger partial charge in [-0.2, -0.15) is 0 Å². The van der Waals surface area contributed by atoms with Crippen molar-refractivity contribution >= 4 is 11.9 Å². The highest BCUT2D eigenvalue weighted by molar-refractivity contribution is 5.79. The van der Waals surface area contributed by atoms with Gasteiger partial charge in [0.15, 0.2) is 6.61 Å². The number of carbonyl (C=O) groups excluding carboxylic acids is 1. The minimum absolute atomic E-state index is 0.00869. The van der Waals surface area contributed by atoms with Crippen molar-refractivity contribution in [2.75, 3.05) is 19.7 Å². The number of halogens is 1. The van der Waals surface area contributed by atoms with Crippen LogP contribution in [0, 0.1) is 17.7 Å². The maximum Gasteiger partial charge on any atom is 0.306 e. The van der Waals surface area contributed by atoms with Crippen molar-refractivity contribution < 1.29 is 23.8 Å². The Bertz CT molecular complexity index is 514. The smallest absolute Gasteiger partial charge is 0.306 e. The number of carbonyl (C=O) groups is 2. The second-order valence-corrected chi connectivity index (χ2v) is 4.93. The molecule has 108 valence electrons. The van der Waals surface area contributed by atoms with Crippen molar-refractivity contribution in [3.8, 4) is 5.75 Å². The van der Waals surface area contributed by atoms with Crippen LogP contribution in [0.4, 0.5) is 4.39 Å². The summed E-state index contributed by atoms with van der Waals surface area (Å²) in [4.78, 5) is 24.1. The van der Waals surface area contributed by atoms with E-state index in [0.29, 0.717) is 18.8 Å². The minimum atomic E-state index is -0.849. The molecule has 1 unspecified atom stereocenters. The second kappa shape index (κ2) is 5.90. The summed E-state index contributed by atoms with van der Waals surface area (Å²) in [5.74, 6) is -1.65. The maximum absolute atomic E-state index is 12.9. The van der Waals surface area contributed by atoms with Crippen molar-refractivity contribution in [3.63, 3.8) is 0 Å². The number of amides is 1. The van der Waals surface area contributed by atoms with Crippen molar-refractivity contribution in [1.82, 2.24) is 4.90 Å². The van der Waals surface area contributed by atoms with Crippen LogP contribution in [0.5, 0.6) is 5.75 Å². The summed E-state index contributed by atoms with van der Waals surface area (Å²) in [7, 11) is 0. The number of hydrogen-bond acceptors (Lipinski definition) is 3. The van der Waals surface area contributed by atoms with Gasteiger partial charge in [0.05, 0.1) is 5.92 Å². The topological polar surface area (TPSA) is 66.8 Å². The van der Waals surface area contributed by atoms with Gasteiger partial charge in [-0.15, -0.1) is 0 Å². The predicted octanol–water partition coefficient (Wildman–Crippen LogP) is 1.38. The molecule has 0 aliphatic carbocycles. The van der Waals surface area contributed by atoms with E-state index < -0.39 is 17.7 Å². The van der Waals surface area contributed by atoms with E-state index in [1.807, 2.05) is 0 Å². The number of likely N-dealkylation sites (tertiary alicyclic amines) is 1. The molecule has 0 aromatic heterocycles. The highest BCUT2D eigenvalue weighted by Crippen LogP contribution is 2.24. The number of hydrogen-bond donors (Lipinski definition) is 1. The lowest BCUT2D eigenvalue weighted by atomic mass is 9.87. The third kappa shape index (κ3) is 3.26. The fraction of sp³-hybridized carbons (Fsp3) is 0.429. The summed E-state index contributed by atoms with van der Waals surface area (Å²) in [5.41, 5.74) is 0. The first-order valence-corrected chi connectivity index (χ1v) is 6.36. The van der Waals surface area contributed by atoms with Crippen LogP contribution >= 0.6 is 0 Å². The van der Waals surface area contributed by atoms with Gasteiger partial charge < -0.3 is 14.7 Å². The SMILES string of the molecule is CC(C(=O)O)C1CN(C(=O)COc2cccc(F)c2)C1. The van der Waals surface area contributed by atoms with Crippen LogP contribution < -0.4 is 4.74 Å². The lowest BCUT2D eigenvalue weighted by Crippen LogP contribution is -2.54. The van der Waals surface area contributed by atoms with Gasteiger partial charge in [0.1, 0.15) is 11.6 Å². The molecule has 6 heteroatoms. The molecule has 20 heavy (non-hydrogen) atoms. The van der Waals surface area contributed by atoms with Gasteiger partial charge in [-0.1, -0.05) is 13.0 Å². The second-order valence-electron chi connectivity index (χ2n) is 4.93. The molecule has 1 aliphatic rings. The largest absolute Gasteiger partial charge is 0.484 e. The molecule has 1 fully saturated rings. The third-order valence-electron chi connectivity index (χ3n) is 3.52. The van der Waals surface area contributed by atoms with E-state index in [0.717, 1.165) is 0 Å². The predicted molar refractivity (Wildman–Crippen MR) is 68.8 cm³/mol. The summed E-state index contributed by atoms with van der Waals surface area (Å²) in [6, 6.07) is 5.58. The van der Waals surface area contributed by atoms with Gasteiger partial charge in [-0.3, -0.25) is 9.59 Å². The molecule has 1 aromatic rings. The zero-order valence-corrected chi connectivity index (χ0v) is 11.1. The zero-order chi connectivity index (χ0) is 14.7. The molecule has 1 saturated heterocycles. The van der Waals surface area contributed by atoms with Crippen LogP contribution in [0.25, 0.3) is 0 Å². The summed E-state index contributed by atoms with van der Waals surface area (Å²) in [5, 5.41) is 8.86. The number of nitrogens with zero attached hydrogens (tertiary/aromatic N) is 1. The third-order valence-corrected chi connectivity index (χ3v) is 3.52. The van der Waals surface area contributed by atoms with Crippen molar-refractivity contribution in [3.05, 3.63) is 30.1 Å². The molecular formula is C14H16FNO4. The van der Waals surface area contributed by atoms with E-state index in [1.54, 1.807) is 17.9 Å². The number of aliphatic carboxylic acids is 1. The Morgan fingerprint density at radius 1 is 1.50 bits per heavy atom. The molecule has 1 aliphatic heterocycles. The fourth-order valence-corrected chi connectivity index (χ4v) is 2.03. The molecule has 2 rings (SSSR count). The quantitative estimate of drug-likeness (QED) is 0.885. The highest BCUT2D eigenvalue weighted by Gasteiger charge is 2.37. The molecule has 1 N–H and O–H groups in total. The Balaban J connectivity index is 1.76. The number of rotatable bonds is 5. The molecule has 1 aromatic carbocycles. The number of carboxylic acid groups (broad SMARTS) is 1. The molecule has 0 spiro atoms. The number of ether oxygens (including phenoxy) is 1. The van der Waals surface area contributed by atoms with Crippen molar-refractivity contribution in [1.29, 1.82) is 0 Å². The van der Waals surface area contributed by atoms with Gasteiger partial charge in [0, 0.05) is 25.1 Å². The number of benzene rings is 1. The summed E-state index contributed by atoms with van der Waals surface area (Å²) < 4.78 is 18.1. The Kier molecular flexibility index (Phi) is 4.22. The summed E-state index contributed by atoms with van der Waals surface area (Å²) in [6.45, 7) is 2.33. The first kappa shape index (κ1) is 14.3. The molecule has 5 nitrogen and oxygen atoms in total. The van der Waals surface area contributed by atoms with E-state index in [-0.39, 0.29) is 18.4 Å². The van der Waals surface area contributed by atoms with E-state index >= 15 is 0 Å². The van der Waals surface area contributed by atoms with Gasteiger partial charge >= 0.3 is 5.97 Å². The Morgan fingerprint density at radius 3 is 2.80 bits per heavy atom. The minimum Gasteiger partial charge on any atom is -0.484 e. The first-order chi connectivity index (χ1) is 9.47. The first-order valence-electron chi connectivity index (χ1n) is 6.36. The maximum atomic E-state index is 12.9. The lowest BCUT2D eigenvalue weighted by Gasteiger charge is -2.41. The fourth-order valence-electron chi connectivity index (χ4n) is 2.03. The van der Waals surface area contributed by atoms with Gasteiger partial charge in [-0.25, -0.2) is 4.39 Å². The van der Waals surface area contributed by atoms with Crippen LogP contribution in [0.1, 0.15) is 6.92 Å². The zero-order valence-electron chi connectivity index (χ0n) is 11.1. The van der Waals surface area contributed by atoms with Crippen LogP contribution in [0.2, 0.25) is 0 Å². The number of carboxylic acids is 1. The molecular weight excluding hydrogens is 265 g/mol. The van der Waals surface area contributed by atoms with E-state index in [1.165, 1.54) is 18.2 Å². The monoisotopic (exact) mass is 281 g/mol. The van der Waals surface area contributed by atoms with E-state index in [9.17, 15) is 14.0 Å². The normalized spacial score (nSPS) is 16.4. The average Bonchev–Trinajstić information content (AvgIpc) is 2.34. The van der Waals surface area contributed by atoms with Crippen LogP contribution in [0.3, 0.4) is 0 Å². The van der Waals surface area contributed by atoms with Crippen LogP contribution in [0.15, 0.2) is 24.3 Å². The molecule has 1 atom stereocenters. The van der Waals surface area contributed by atoms with Crippen molar-refractivity contribution in [2.24, 2.45) is 11.8 Å². The summed E-state index contributed by atoms with van der Waals surface area (Å²) in [6.07, 6.45) is 0. The average molecular weight is 281 g/mol. The molecule has 0 saturated carbocycles. The highest BCUT2D eigenvalue weighted by atomic mass is 19.1. The summed E-state index contributed by atoms with van der Waals surface area (Å²) >= 11 is 0. The van der Waals surface area contributed by atoms with Gasteiger partial charge in [-0.05, 0) is 12.1 Å². The van der Waals surface area contributed by atoms with Crippen LogP contribution in [-0.4, -0.2) is 41.6 Å². The van der Waals surface area contributed by atoms with Gasteiger partial charge in [0.25, 0.3) is 5.91 Å². The molecule has 1 heterocycles. The standard InChI is InChI=1S/C14H16FNO4/c1-9(14(18)19)10-6-16(7-10)13(17)8-20-12-4-2-3-11(15)5-12/h2-5,9-10H,6-8H2,1H3,(H,18,19). The molecule has 0 radical (unpaired) electrons. The molecule has 1 amide bonds. The van der Waals surface area contributed by atoms with Gasteiger partial charge in [0.2, 0.25) is 0 Å². The van der Waals surface area contributed by atoms with E-state index in [4.69, 9.17) is 9.84 Å². The lowest BCUT2D eigenvalue weighted by molar-refractivity contribution is -0.151. The Hall–Kier alpha value is -2.11. The Labute approximate surface area is 116 Å². The van der Waals surface area contributed by atoms with Crippen molar-refractivity contribution in [2.45, 2.75) is 6.92 Å². The Morgan fingerprint density at radius 2 is 2.20 bits per heavy atom. The van der Waals surface area contributed by atoms with Crippen LogP contribution in [-0.2, 0) is 9.59 Å². The van der Waals surface area contributed by atoms with E-state index in [2.05, 4.69) is 0 Å².